The van der Waals surface area contributed by atoms with Crippen molar-refractivity contribution in [3.05, 3.63) is 5.82 Å². The minimum atomic E-state index is 0.557. The molecule has 1 rings (SSSR count). The van der Waals surface area contributed by atoms with E-state index in [2.05, 4.69) is 41.5 Å². The normalized spacial score (nSPS) is 13.4. The molecule has 86 valence electrons. The van der Waals surface area contributed by atoms with Gasteiger partial charge in [0.1, 0.15) is 0 Å². The van der Waals surface area contributed by atoms with Crippen LogP contribution >= 0.6 is 0 Å². The molecule has 0 radical (unpaired) electrons. The molecular weight excluding hydrogens is 190 g/mol. The van der Waals surface area contributed by atoms with Crippen LogP contribution in [0, 0.1) is 5.92 Å². The number of aryl methyl sites for hydroxylation is 2. The van der Waals surface area contributed by atoms with Crippen molar-refractivity contribution in [2.75, 3.05) is 6.54 Å². The van der Waals surface area contributed by atoms with Crippen LogP contribution in [0.5, 0.6) is 0 Å². The van der Waals surface area contributed by atoms with E-state index in [0.717, 1.165) is 25.2 Å². The second-order valence-electron chi connectivity index (χ2n) is 4.40. The predicted octanol–water partition coefficient (Wildman–Crippen LogP) is 0.777. The Hall–Kier alpha value is -0.970. The summed E-state index contributed by atoms with van der Waals surface area (Å²) in [5.74, 6) is 1.49. The fraction of sp³-hybridized carbons (Fsp3) is 0.900. The SMILES string of the molecule is CC(CCc1nnn(C)n1)CNC(C)C. The molecule has 0 amide bonds. The van der Waals surface area contributed by atoms with Gasteiger partial charge in [0.15, 0.2) is 5.82 Å². The monoisotopic (exact) mass is 211 g/mol. The van der Waals surface area contributed by atoms with Crippen molar-refractivity contribution in [1.82, 2.24) is 25.5 Å². The lowest BCUT2D eigenvalue weighted by molar-refractivity contribution is 0.450. The molecule has 1 unspecified atom stereocenters. The number of aromatic nitrogens is 4. The van der Waals surface area contributed by atoms with E-state index in [1.165, 1.54) is 4.80 Å². The van der Waals surface area contributed by atoms with E-state index in [9.17, 15) is 0 Å². The zero-order chi connectivity index (χ0) is 11.3. The lowest BCUT2D eigenvalue weighted by Crippen LogP contribution is -2.28. The van der Waals surface area contributed by atoms with Gasteiger partial charge in [-0.1, -0.05) is 20.8 Å². The molecule has 0 aliphatic rings. The highest BCUT2D eigenvalue weighted by molar-refractivity contribution is 4.77. The fourth-order valence-electron chi connectivity index (χ4n) is 1.34. The maximum absolute atomic E-state index is 4.15. The van der Waals surface area contributed by atoms with Crippen LogP contribution in [0.2, 0.25) is 0 Å². The van der Waals surface area contributed by atoms with Gasteiger partial charge in [-0.3, -0.25) is 0 Å². The Labute approximate surface area is 91.2 Å². The van der Waals surface area contributed by atoms with E-state index in [0.29, 0.717) is 12.0 Å². The first kappa shape index (κ1) is 12.1. The number of nitrogens with zero attached hydrogens (tertiary/aromatic N) is 4. The molecule has 1 aromatic rings. The summed E-state index contributed by atoms with van der Waals surface area (Å²) in [7, 11) is 1.79. The van der Waals surface area contributed by atoms with E-state index in [4.69, 9.17) is 0 Å². The van der Waals surface area contributed by atoms with Crippen molar-refractivity contribution in [1.29, 1.82) is 0 Å². The Morgan fingerprint density at radius 3 is 2.60 bits per heavy atom. The van der Waals surface area contributed by atoms with Gasteiger partial charge >= 0.3 is 0 Å². The molecule has 5 nitrogen and oxygen atoms in total. The molecule has 0 aliphatic carbocycles. The summed E-state index contributed by atoms with van der Waals surface area (Å²) in [6.45, 7) is 7.62. The van der Waals surface area contributed by atoms with Gasteiger partial charge in [-0.2, -0.15) is 4.80 Å². The first-order valence-electron chi connectivity index (χ1n) is 5.54. The molecule has 0 aromatic carbocycles. The molecule has 5 heteroatoms. The highest BCUT2D eigenvalue weighted by atomic mass is 15.6. The standard InChI is InChI=1S/C10H21N5/c1-8(2)11-7-9(3)5-6-10-12-14-15(4)13-10/h8-9,11H,5-7H2,1-4H3. The number of tetrazole rings is 1. The summed E-state index contributed by atoms with van der Waals surface area (Å²) >= 11 is 0. The van der Waals surface area contributed by atoms with Crippen LogP contribution in [0.15, 0.2) is 0 Å². The van der Waals surface area contributed by atoms with Gasteiger partial charge in [0.05, 0.1) is 7.05 Å². The lowest BCUT2D eigenvalue weighted by Gasteiger charge is -2.13. The summed E-state index contributed by atoms with van der Waals surface area (Å²) in [6.07, 6.45) is 2.01. The summed E-state index contributed by atoms with van der Waals surface area (Å²) < 4.78 is 0. The summed E-state index contributed by atoms with van der Waals surface area (Å²) in [4.78, 5) is 1.51. The number of rotatable bonds is 6. The second kappa shape index (κ2) is 5.80. The quantitative estimate of drug-likeness (QED) is 0.755. The molecule has 1 atom stereocenters. The molecule has 0 fully saturated rings. The van der Waals surface area contributed by atoms with Crippen LogP contribution < -0.4 is 5.32 Å². The van der Waals surface area contributed by atoms with E-state index >= 15 is 0 Å². The Kier molecular flexibility index (Phi) is 4.68. The molecule has 1 heterocycles. The van der Waals surface area contributed by atoms with Crippen LogP contribution in [-0.2, 0) is 13.5 Å². The minimum absolute atomic E-state index is 0.557. The zero-order valence-electron chi connectivity index (χ0n) is 10.1. The van der Waals surface area contributed by atoms with E-state index < -0.39 is 0 Å². The van der Waals surface area contributed by atoms with Gasteiger partial charge in [0, 0.05) is 12.5 Å². The minimum Gasteiger partial charge on any atom is -0.314 e. The number of hydrogen-bond donors (Lipinski definition) is 1. The van der Waals surface area contributed by atoms with E-state index in [1.807, 2.05) is 0 Å². The van der Waals surface area contributed by atoms with Crippen molar-refractivity contribution < 1.29 is 0 Å². The third-order valence-electron chi connectivity index (χ3n) is 2.29. The molecule has 0 aliphatic heterocycles. The van der Waals surface area contributed by atoms with Crippen molar-refractivity contribution in [3.63, 3.8) is 0 Å². The van der Waals surface area contributed by atoms with E-state index in [-0.39, 0.29) is 0 Å². The molecule has 1 aromatic heterocycles. The van der Waals surface area contributed by atoms with Gasteiger partial charge in [0.2, 0.25) is 0 Å². The van der Waals surface area contributed by atoms with Crippen LogP contribution in [0.3, 0.4) is 0 Å². The van der Waals surface area contributed by atoms with Gasteiger partial charge in [-0.15, -0.1) is 10.2 Å². The predicted molar refractivity (Wildman–Crippen MR) is 59.4 cm³/mol. The largest absolute Gasteiger partial charge is 0.314 e. The van der Waals surface area contributed by atoms with Crippen molar-refractivity contribution in [2.45, 2.75) is 39.7 Å². The van der Waals surface area contributed by atoms with Gasteiger partial charge in [-0.05, 0) is 24.1 Å². The third kappa shape index (κ3) is 4.88. The fourth-order valence-corrected chi connectivity index (χ4v) is 1.34. The first-order valence-corrected chi connectivity index (χ1v) is 5.54. The molecule has 15 heavy (non-hydrogen) atoms. The molecule has 0 saturated heterocycles. The maximum atomic E-state index is 4.15. The lowest BCUT2D eigenvalue weighted by atomic mass is 10.1. The van der Waals surface area contributed by atoms with Gasteiger partial charge in [-0.25, -0.2) is 0 Å². The van der Waals surface area contributed by atoms with Crippen molar-refractivity contribution in [2.24, 2.45) is 13.0 Å². The summed E-state index contributed by atoms with van der Waals surface area (Å²) in [6, 6.07) is 0.557. The topological polar surface area (TPSA) is 55.6 Å². The van der Waals surface area contributed by atoms with Crippen LogP contribution in [0.25, 0.3) is 0 Å². The average molecular weight is 211 g/mol. The smallest absolute Gasteiger partial charge is 0.174 e. The summed E-state index contributed by atoms with van der Waals surface area (Å²) in [5.41, 5.74) is 0. The van der Waals surface area contributed by atoms with Crippen LogP contribution in [-0.4, -0.2) is 32.8 Å². The first-order chi connectivity index (χ1) is 7.08. The number of nitrogens with one attached hydrogen (secondary N) is 1. The van der Waals surface area contributed by atoms with Crippen LogP contribution in [0.1, 0.15) is 33.0 Å². The van der Waals surface area contributed by atoms with Crippen molar-refractivity contribution in [3.8, 4) is 0 Å². The Morgan fingerprint density at radius 2 is 2.07 bits per heavy atom. The molecule has 0 spiro atoms. The molecular formula is C10H21N5. The average Bonchev–Trinajstić information content (AvgIpc) is 2.58. The van der Waals surface area contributed by atoms with Gasteiger partial charge < -0.3 is 5.32 Å². The number of hydrogen-bond acceptors (Lipinski definition) is 4. The highest BCUT2D eigenvalue weighted by Crippen LogP contribution is 2.04. The van der Waals surface area contributed by atoms with Crippen molar-refractivity contribution >= 4 is 0 Å². The highest BCUT2D eigenvalue weighted by Gasteiger charge is 2.06. The Bertz CT molecular complexity index is 281. The summed E-state index contributed by atoms with van der Waals surface area (Å²) in [5, 5.41) is 15.4. The Morgan fingerprint density at radius 1 is 1.33 bits per heavy atom. The van der Waals surface area contributed by atoms with E-state index in [1.54, 1.807) is 7.05 Å². The molecule has 0 bridgehead atoms. The zero-order valence-corrected chi connectivity index (χ0v) is 10.1. The molecule has 0 saturated carbocycles. The third-order valence-corrected chi connectivity index (χ3v) is 2.29. The maximum Gasteiger partial charge on any atom is 0.174 e. The Balaban J connectivity index is 2.19. The van der Waals surface area contributed by atoms with Gasteiger partial charge in [0.25, 0.3) is 0 Å². The molecule has 1 N–H and O–H groups in total. The second-order valence-corrected chi connectivity index (χ2v) is 4.40. The van der Waals surface area contributed by atoms with Crippen LogP contribution in [0.4, 0.5) is 0 Å².